The SMILES string of the molecule is CCCCCN(C)CCCn1cnc2c(N)ncnc21. The molecule has 20 heavy (non-hydrogen) atoms. The Morgan fingerprint density at radius 3 is 2.75 bits per heavy atom. The average Bonchev–Trinajstić information content (AvgIpc) is 2.84. The van der Waals surface area contributed by atoms with E-state index in [0.29, 0.717) is 11.3 Å². The van der Waals surface area contributed by atoms with Crippen molar-refractivity contribution in [2.45, 2.75) is 39.2 Å². The highest BCUT2D eigenvalue weighted by molar-refractivity contribution is 5.80. The van der Waals surface area contributed by atoms with Crippen LogP contribution in [0.2, 0.25) is 0 Å². The van der Waals surface area contributed by atoms with Gasteiger partial charge in [-0.15, -0.1) is 0 Å². The number of aromatic nitrogens is 4. The Bertz CT molecular complexity index is 535. The molecule has 2 N–H and O–H groups in total. The maximum atomic E-state index is 5.78. The van der Waals surface area contributed by atoms with E-state index < -0.39 is 0 Å². The van der Waals surface area contributed by atoms with Gasteiger partial charge in [-0.05, 0) is 33.0 Å². The number of nitrogen functional groups attached to an aromatic ring is 1. The Hall–Kier alpha value is -1.69. The number of unbranched alkanes of at least 4 members (excludes halogenated alkanes) is 2. The molecule has 6 nitrogen and oxygen atoms in total. The number of hydrogen-bond donors (Lipinski definition) is 1. The van der Waals surface area contributed by atoms with Crippen LogP contribution in [0.15, 0.2) is 12.7 Å². The summed E-state index contributed by atoms with van der Waals surface area (Å²) >= 11 is 0. The third-order valence-corrected chi connectivity index (χ3v) is 3.51. The van der Waals surface area contributed by atoms with Gasteiger partial charge >= 0.3 is 0 Å². The van der Waals surface area contributed by atoms with Crippen LogP contribution in [0.3, 0.4) is 0 Å². The molecule has 2 heterocycles. The second-order valence-corrected chi connectivity index (χ2v) is 5.23. The molecule has 0 spiro atoms. The fourth-order valence-corrected chi connectivity index (χ4v) is 2.32. The van der Waals surface area contributed by atoms with Crippen LogP contribution < -0.4 is 5.73 Å². The van der Waals surface area contributed by atoms with E-state index in [9.17, 15) is 0 Å². The summed E-state index contributed by atoms with van der Waals surface area (Å²) in [6, 6.07) is 0. The topological polar surface area (TPSA) is 72.9 Å². The Morgan fingerprint density at radius 1 is 1.15 bits per heavy atom. The number of fused-ring (bicyclic) bond motifs is 1. The Morgan fingerprint density at radius 2 is 1.95 bits per heavy atom. The molecule has 0 saturated carbocycles. The molecular weight excluding hydrogens is 252 g/mol. The van der Waals surface area contributed by atoms with Gasteiger partial charge in [0.15, 0.2) is 11.5 Å². The molecule has 0 aliphatic rings. The maximum Gasteiger partial charge on any atom is 0.165 e. The van der Waals surface area contributed by atoms with Crippen molar-refractivity contribution < 1.29 is 0 Å². The minimum absolute atomic E-state index is 0.449. The van der Waals surface area contributed by atoms with Gasteiger partial charge in [-0.25, -0.2) is 15.0 Å². The highest BCUT2D eigenvalue weighted by atomic mass is 15.1. The van der Waals surface area contributed by atoms with Gasteiger partial charge in [0.2, 0.25) is 0 Å². The zero-order chi connectivity index (χ0) is 14.4. The van der Waals surface area contributed by atoms with Gasteiger partial charge in [-0.1, -0.05) is 19.8 Å². The molecule has 0 aliphatic carbocycles. The van der Waals surface area contributed by atoms with E-state index in [0.717, 1.165) is 25.2 Å². The smallest absolute Gasteiger partial charge is 0.165 e. The van der Waals surface area contributed by atoms with Crippen LogP contribution in [0.5, 0.6) is 0 Å². The van der Waals surface area contributed by atoms with E-state index in [1.807, 2.05) is 4.57 Å². The van der Waals surface area contributed by atoms with Crippen LogP contribution >= 0.6 is 0 Å². The van der Waals surface area contributed by atoms with Crippen molar-refractivity contribution in [2.24, 2.45) is 0 Å². The third kappa shape index (κ3) is 3.66. The second kappa shape index (κ2) is 7.19. The molecule has 6 heteroatoms. The molecule has 110 valence electrons. The first-order valence-electron chi connectivity index (χ1n) is 7.32. The van der Waals surface area contributed by atoms with Crippen LogP contribution in [0.25, 0.3) is 11.2 Å². The highest BCUT2D eigenvalue weighted by Gasteiger charge is 2.07. The molecule has 0 aromatic carbocycles. The van der Waals surface area contributed by atoms with Crippen LogP contribution in [-0.4, -0.2) is 44.6 Å². The number of aryl methyl sites for hydroxylation is 1. The van der Waals surface area contributed by atoms with Gasteiger partial charge in [-0.3, -0.25) is 0 Å². The van der Waals surface area contributed by atoms with Crippen LogP contribution in [0.4, 0.5) is 5.82 Å². The summed E-state index contributed by atoms with van der Waals surface area (Å²) in [5, 5.41) is 0. The predicted molar refractivity (Wildman–Crippen MR) is 81.4 cm³/mol. The lowest BCUT2D eigenvalue weighted by molar-refractivity contribution is 0.314. The fraction of sp³-hybridized carbons (Fsp3) is 0.643. The normalized spacial score (nSPS) is 11.6. The number of rotatable bonds is 8. The molecule has 2 aromatic rings. The summed E-state index contributed by atoms with van der Waals surface area (Å²) in [7, 11) is 2.18. The monoisotopic (exact) mass is 276 g/mol. The fourth-order valence-electron chi connectivity index (χ4n) is 2.32. The summed E-state index contributed by atoms with van der Waals surface area (Å²) in [5.74, 6) is 0.449. The van der Waals surface area contributed by atoms with Gasteiger partial charge in [0.05, 0.1) is 6.33 Å². The van der Waals surface area contributed by atoms with E-state index in [-0.39, 0.29) is 0 Å². The molecule has 0 amide bonds. The summed E-state index contributed by atoms with van der Waals surface area (Å²) in [5.41, 5.74) is 7.30. The van der Waals surface area contributed by atoms with E-state index in [2.05, 4.69) is 33.8 Å². The summed E-state index contributed by atoms with van der Waals surface area (Å²) in [4.78, 5) is 14.9. The molecule has 2 aromatic heterocycles. The number of nitrogens with two attached hydrogens (primary N) is 1. The van der Waals surface area contributed by atoms with Gasteiger partial charge in [0, 0.05) is 6.54 Å². The lowest BCUT2D eigenvalue weighted by atomic mass is 10.2. The lowest BCUT2D eigenvalue weighted by Gasteiger charge is -2.16. The molecule has 0 bridgehead atoms. The van der Waals surface area contributed by atoms with Crippen LogP contribution in [0, 0.1) is 0 Å². The molecule has 0 radical (unpaired) electrons. The largest absolute Gasteiger partial charge is 0.382 e. The molecule has 0 fully saturated rings. The number of hydrogen-bond acceptors (Lipinski definition) is 5. The standard InChI is InChI=1S/C14H24N6/c1-3-4-5-7-19(2)8-6-9-20-11-18-12-13(15)16-10-17-14(12)20/h10-11H,3-9H2,1-2H3,(H2,15,16,17). The van der Waals surface area contributed by atoms with E-state index in [4.69, 9.17) is 5.73 Å². The van der Waals surface area contributed by atoms with E-state index in [1.54, 1.807) is 6.33 Å². The van der Waals surface area contributed by atoms with Crippen molar-refractivity contribution in [1.82, 2.24) is 24.4 Å². The minimum Gasteiger partial charge on any atom is -0.382 e. The number of imidazole rings is 1. The van der Waals surface area contributed by atoms with Crippen molar-refractivity contribution in [2.75, 3.05) is 25.9 Å². The minimum atomic E-state index is 0.449. The zero-order valence-electron chi connectivity index (χ0n) is 12.4. The first kappa shape index (κ1) is 14.7. The maximum absolute atomic E-state index is 5.78. The number of anilines is 1. The first-order chi connectivity index (χ1) is 9.72. The van der Waals surface area contributed by atoms with Crippen LogP contribution in [0.1, 0.15) is 32.6 Å². The molecular formula is C14H24N6. The Labute approximate surface area is 120 Å². The predicted octanol–water partition coefficient (Wildman–Crippen LogP) is 1.92. The van der Waals surface area contributed by atoms with Gasteiger partial charge in [0.25, 0.3) is 0 Å². The van der Waals surface area contributed by atoms with E-state index >= 15 is 0 Å². The molecule has 0 saturated heterocycles. The van der Waals surface area contributed by atoms with Crippen molar-refractivity contribution >= 4 is 17.0 Å². The van der Waals surface area contributed by atoms with E-state index in [1.165, 1.54) is 32.1 Å². The molecule has 0 aliphatic heterocycles. The average molecular weight is 276 g/mol. The van der Waals surface area contributed by atoms with Crippen molar-refractivity contribution in [3.8, 4) is 0 Å². The van der Waals surface area contributed by atoms with Crippen molar-refractivity contribution in [1.29, 1.82) is 0 Å². The molecule has 0 unspecified atom stereocenters. The molecule has 0 atom stereocenters. The number of nitrogens with zero attached hydrogens (tertiary/aromatic N) is 5. The van der Waals surface area contributed by atoms with Gasteiger partial charge in [-0.2, -0.15) is 0 Å². The summed E-state index contributed by atoms with van der Waals surface area (Å²) < 4.78 is 2.05. The van der Waals surface area contributed by atoms with Crippen molar-refractivity contribution in [3.63, 3.8) is 0 Å². The Kier molecular flexibility index (Phi) is 5.29. The summed E-state index contributed by atoms with van der Waals surface area (Å²) in [6.45, 7) is 5.40. The van der Waals surface area contributed by atoms with Crippen LogP contribution in [-0.2, 0) is 6.54 Å². The summed E-state index contributed by atoms with van der Waals surface area (Å²) in [6.07, 6.45) is 8.24. The van der Waals surface area contributed by atoms with Gasteiger partial charge in [0.1, 0.15) is 11.8 Å². The molecule has 2 rings (SSSR count). The van der Waals surface area contributed by atoms with Gasteiger partial charge < -0.3 is 15.2 Å². The second-order valence-electron chi connectivity index (χ2n) is 5.23. The quantitative estimate of drug-likeness (QED) is 0.746. The lowest BCUT2D eigenvalue weighted by Crippen LogP contribution is -2.22. The van der Waals surface area contributed by atoms with Crippen molar-refractivity contribution in [3.05, 3.63) is 12.7 Å². The Balaban J connectivity index is 1.83. The first-order valence-corrected chi connectivity index (χ1v) is 7.32. The highest BCUT2D eigenvalue weighted by Crippen LogP contribution is 2.14. The zero-order valence-corrected chi connectivity index (χ0v) is 12.4. The third-order valence-electron chi connectivity index (χ3n) is 3.51.